The molecule has 0 radical (unpaired) electrons. The topological polar surface area (TPSA) is 59.3 Å². The molecule has 24 heavy (non-hydrogen) atoms. The number of rotatable bonds is 6. The summed E-state index contributed by atoms with van der Waals surface area (Å²) in [7, 11) is 0. The fourth-order valence-electron chi connectivity index (χ4n) is 2.32. The van der Waals surface area contributed by atoms with Crippen LogP contribution in [0.1, 0.15) is 32.8 Å². The Morgan fingerprint density at radius 3 is 2.67 bits per heavy atom. The van der Waals surface area contributed by atoms with Crippen LogP contribution in [0.5, 0.6) is 5.75 Å². The van der Waals surface area contributed by atoms with Crippen LogP contribution in [-0.2, 0) is 9.53 Å². The summed E-state index contributed by atoms with van der Waals surface area (Å²) in [6, 6.07) is 13.6. The molecule has 124 valence electrons. The molecule has 0 aliphatic rings. The van der Waals surface area contributed by atoms with Gasteiger partial charge in [-0.1, -0.05) is 37.3 Å². The first-order valence-corrected chi connectivity index (χ1v) is 8.04. The minimum Gasteiger partial charge on any atom is -0.493 e. The molecular weight excluding hydrogens is 302 g/mol. The van der Waals surface area contributed by atoms with E-state index < -0.39 is 5.97 Å². The number of hydrogen-bond acceptors (Lipinski definition) is 4. The highest BCUT2D eigenvalue weighted by molar-refractivity contribution is 6.02. The van der Waals surface area contributed by atoms with Crippen LogP contribution in [-0.4, -0.2) is 18.7 Å². The Balaban J connectivity index is 2.56. The van der Waals surface area contributed by atoms with E-state index in [0.717, 1.165) is 22.8 Å². The molecule has 0 atom stereocenters. The van der Waals surface area contributed by atoms with E-state index in [9.17, 15) is 10.1 Å². The molecule has 0 amide bonds. The number of nitriles is 1. The fraction of sp³-hybridized carbons (Fsp3) is 0.300. The summed E-state index contributed by atoms with van der Waals surface area (Å²) in [6.45, 7) is 6.09. The Kier molecular flexibility index (Phi) is 5.97. The van der Waals surface area contributed by atoms with Gasteiger partial charge >= 0.3 is 5.97 Å². The molecule has 0 aliphatic heterocycles. The number of carbonyl (C=O) groups is 1. The summed E-state index contributed by atoms with van der Waals surface area (Å²) in [4.78, 5) is 12.1. The lowest BCUT2D eigenvalue weighted by Crippen LogP contribution is -2.12. The molecule has 0 saturated carbocycles. The van der Waals surface area contributed by atoms with Crippen LogP contribution in [0.4, 0.5) is 0 Å². The number of carbonyl (C=O) groups excluding carboxylic acids is 1. The van der Waals surface area contributed by atoms with E-state index in [-0.39, 0.29) is 11.7 Å². The van der Waals surface area contributed by atoms with Gasteiger partial charge in [-0.2, -0.15) is 5.26 Å². The van der Waals surface area contributed by atoms with Gasteiger partial charge in [-0.25, -0.2) is 4.79 Å². The maximum atomic E-state index is 12.1. The van der Waals surface area contributed by atoms with Crippen molar-refractivity contribution >= 4 is 22.8 Å². The molecule has 2 rings (SSSR count). The van der Waals surface area contributed by atoms with Crippen molar-refractivity contribution in [2.24, 2.45) is 0 Å². The van der Waals surface area contributed by atoms with Crippen molar-refractivity contribution in [3.05, 3.63) is 47.5 Å². The highest BCUT2D eigenvalue weighted by Gasteiger charge is 2.15. The summed E-state index contributed by atoms with van der Waals surface area (Å²) in [5.41, 5.74) is 0.681. The number of ether oxygens (including phenoxy) is 2. The molecule has 0 saturated heterocycles. The van der Waals surface area contributed by atoms with Crippen LogP contribution < -0.4 is 4.74 Å². The van der Waals surface area contributed by atoms with Crippen molar-refractivity contribution in [1.29, 1.82) is 5.26 Å². The van der Waals surface area contributed by atoms with Gasteiger partial charge in [0.15, 0.2) is 0 Å². The third-order valence-corrected chi connectivity index (χ3v) is 3.36. The molecular formula is C20H21NO3. The lowest BCUT2D eigenvalue weighted by Gasteiger charge is -2.12. The van der Waals surface area contributed by atoms with E-state index in [2.05, 4.69) is 0 Å². The molecule has 4 nitrogen and oxygen atoms in total. The van der Waals surface area contributed by atoms with E-state index in [4.69, 9.17) is 9.47 Å². The van der Waals surface area contributed by atoms with Gasteiger partial charge in [-0.15, -0.1) is 0 Å². The average molecular weight is 323 g/mol. The Hall–Kier alpha value is -2.80. The monoisotopic (exact) mass is 323 g/mol. The quantitative estimate of drug-likeness (QED) is 0.446. The van der Waals surface area contributed by atoms with E-state index in [1.165, 1.54) is 0 Å². The zero-order valence-corrected chi connectivity index (χ0v) is 14.2. The zero-order valence-electron chi connectivity index (χ0n) is 14.2. The van der Waals surface area contributed by atoms with Gasteiger partial charge in [0.2, 0.25) is 0 Å². The van der Waals surface area contributed by atoms with Crippen molar-refractivity contribution in [3.63, 3.8) is 0 Å². The van der Waals surface area contributed by atoms with E-state index in [0.29, 0.717) is 12.4 Å². The Bertz CT molecular complexity index is 800. The van der Waals surface area contributed by atoms with Gasteiger partial charge in [-0.3, -0.25) is 0 Å². The van der Waals surface area contributed by atoms with E-state index in [1.807, 2.05) is 49.4 Å². The molecule has 0 aliphatic carbocycles. The van der Waals surface area contributed by atoms with Crippen molar-refractivity contribution in [1.82, 2.24) is 0 Å². The Labute approximate surface area is 142 Å². The molecule has 0 heterocycles. The Morgan fingerprint density at radius 2 is 2.00 bits per heavy atom. The van der Waals surface area contributed by atoms with E-state index >= 15 is 0 Å². The number of nitrogens with zero attached hydrogens (tertiary/aromatic N) is 1. The van der Waals surface area contributed by atoms with Gasteiger partial charge in [0, 0.05) is 5.56 Å². The third-order valence-electron chi connectivity index (χ3n) is 3.36. The van der Waals surface area contributed by atoms with Gasteiger partial charge in [0.1, 0.15) is 17.4 Å². The number of hydrogen-bond donors (Lipinski definition) is 0. The minimum atomic E-state index is -0.623. The minimum absolute atomic E-state index is 0.0404. The van der Waals surface area contributed by atoms with E-state index in [1.54, 1.807) is 19.9 Å². The fourth-order valence-corrected chi connectivity index (χ4v) is 2.32. The van der Waals surface area contributed by atoms with Crippen LogP contribution >= 0.6 is 0 Å². The summed E-state index contributed by atoms with van der Waals surface area (Å²) in [6.07, 6.45) is 2.15. The number of fused-ring (bicyclic) bond motifs is 1. The third kappa shape index (κ3) is 4.14. The van der Waals surface area contributed by atoms with Gasteiger partial charge in [-0.05, 0) is 43.2 Å². The Morgan fingerprint density at radius 1 is 1.25 bits per heavy atom. The van der Waals surface area contributed by atoms with Gasteiger partial charge in [0.05, 0.1) is 12.7 Å². The first-order valence-electron chi connectivity index (χ1n) is 8.04. The molecule has 0 unspecified atom stereocenters. The maximum Gasteiger partial charge on any atom is 0.349 e. The van der Waals surface area contributed by atoms with Crippen molar-refractivity contribution in [2.75, 3.05) is 6.61 Å². The zero-order chi connectivity index (χ0) is 17.5. The van der Waals surface area contributed by atoms with Crippen LogP contribution in [0.25, 0.3) is 16.8 Å². The maximum absolute atomic E-state index is 12.1. The van der Waals surface area contributed by atoms with Crippen LogP contribution in [0.2, 0.25) is 0 Å². The molecule has 0 aromatic heterocycles. The summed E-state index contributed by atoms with van der Waals surface area (Å²) >= 11 is 0. The normalized spacial score (nSPS) is 11.4. The molecule has 0 spiro atoms. The predicted molar refractivity (Wildman–Crippen MR) is 94.6 cm³/mol. The molecule has 2 aromatic rings. The van der Waals surface area contributed by atoms with Crippen LogP contribution in [0, 0.1) is 11.3 Å². The van der Waals surface area contributed by atoms with Crippen LogP contribution in [0.15, 0.2) is 42.0 Å². The number of benzene rings is 2. The molecule has 0 bridgehead atoms. The second-order valence-corrected chi connectivity index (χ2v) is 5.67. The average Bonchev–Trinajstić information content (AvgIpc) is 2.57. The number of esters is 1. The molecule has 4 heteroatoms. The second-order valence-electron chi connectivity index (χ2n) is 5.67. The van der Waals surface area contributed by atoms with Crippen molar-refractivity contribution in [2.45, 2.75) is 33.3 Å². The smallest absolute Gasteiger partial charge is 0.349 e. The van der Waals surface area contributed by atoms with Crippen LogP contribution in [0.3, 0.4) is 0 Å². The lowest BCUT2D eigenvalue weighted by atomic mass is 10.0. The second kappa shape index (κ2) is 8.16. The van der Waals surface area contributed by atoms with Crippen molar-refractivity contribution in [3.8, 4) is 11.8 Å². The summed E-state index contributed by atoms with van der Waals surface area (Å²) in [5.74, 6) is 0.0301. The highest BCUT2D eigenvalue weighted by Crippen LogP contribution is 2.30. The summed E-state index contributed by atoms with van der Waals surface area (Å²) < 4.78 is 10.9. The SMILES string of the molecule is CCCOc1ccc2ccccc2c1/C=C(\C#N)C(=O)OC(C)C. The largest absolute Gasteiger partial charge is 0.493 e. The van der Waals surface area contributed by atoms with Gasteiger partial charge < -0.3 is 9.47 Å². The molecule has 0 fully saturated rings. The highest BCUT2D eigenvalue weighted by atomic mass is 16.5. The molecule has 0 N–H and O–H groups in total. The first-order chi connectivity index (χ1) is 11.6. The lowest BCUT2D eigenvalue weighted by molar-refractivity contribution is -0.142. The molecule has 2 aromatic carbocycles. The van der Waals surface area contributed by atoms with Crippen molar-refractivity contribution < 1.29 is 14.3 Å². The first kappa shape index (κ1) is 17.6. The predicted octanol–water partition coefficient (Wildman–Crippen LogP) is 4.49. The van der Waals surface area contributed by atoms with Gasteiger partial charge in [0.25, 0.3) is 0 Å². The standard InChI is InChI=1S/C20H21NO3/c1-4-11-23-19-10-9-15-7-5-6-8-17(15)18(19)12-16(13-21)20(22)24-14(2)3/h5-10,12,14H,4,11H2,1-3H3/b16-12+. The summed E-state index contributed by atoms with van der Waals surface area (Å²) in [5, 5.41) is 11.3.